The molecule has 2 aromatic heterocycles. The van der Waals surface area contributed by atoms with Crippen molar-refractivity contribution in [1.82, 2.24) is 4.98 Å². The topological polar surface area (TPSA) is 50.2 Å². The molecule has 2 heterocycles. The van der Waals surface area contributed by atoms with Gasteiger partial charge >= 0.3 is 5.97 Å². The van der Waals surface area contributed by atoms with Gasteiger partial charge in [-0.15, -0.1) is 22.7 Å². The number of nitrogens with zero attached hydrogens (tertiary/aromatic N) is 1. The summed E-state index contributed by atoms with van der Waals surface area (Å²) in [6, 6.07) is 4.26. The molecule has 1 atom stereocenters. The fourth-order valence-electron chi connectivity index (χ4n) is 2.43. The Kier molecular flexibility index (Phi) is 3.21. The molecule has 1 aliphatic carbocycles. The van der Waals surface area contributed by atoms with Crippen LogP contribution in [0.3, 0.4) is 0 Å². The van der Waals surface area contributed by atoms with Crippen molar-refractivity contribution in [2.24, 2.45) is 0 Å². The van der Waals surface area contributed by atoms with Crippen LogP contribution in [-0.2, 0) is 16.6 Å². The van der Waals surface area contributed by atoms with Gasteiger partial charge in [-0.1, -0.05) is 20.8 Å². The van der Waals surface area contributed by atoms with Gasteiger partial charge in [0, 0.05) is 9.75 Å². The number of hydrogen-bond acceptors (Lipinski definition) is 4. The lowest BCUT2D eigenvalue weighted by molar-refractivity contribution is -0.138. The van der Waals surface area contributed by atoms with Crippen molar-refractivity contribution in [2.45, 2.75) is 44.9 Å². The second kappa shape index (κ2) is 4.67. The third-order valence-electron chi connectivity index (χ3n) is 3.57. The van der Waals surface area contributed by atoms with Crippen LogP contribution >= 0.6 is 22.7 Å². The highest BCUT2D eigenvalue weighted by molar-refractivity contribution is 7.22. The smallest absolute Gasteiger partial charge is 0.312 e. The first kappa shape index (κ1) is 13.8. The van der Waals surface area contributed by atoms with Crippen molar-refractivity contribution in [3.8, 4) is 9.88 Å². The van der Waals surface area contributed by atoms with Crippen LogP contribution in [0.15, 0.2) is 12.1 Å². The van der Waals surface area contributed by atoms with E-state index >= 15 is 0 Å². The Morgan fingerprint density at radius 3 is 2.70 bits per heavy atom. The molecule has 1 aliphatic rings. The lowest BCUT2D eigenvalue weighted by Crippen LogP contribution is -2.08. The van der Waals surface area contributed by atoms with E-state index in [1.807, 2.05) is 0 Å². The first-order valence-corrected chi connectivity index (χ1v) is 8.32. The summed E-state index contributed by atoms with van der Waals surface area (Å²) in [4.78, 5) is 19.5. The molecule has 0 spiro atoms. The number of aromatic nitrogens is 1. The van der Waals surface area contributed by atoms with E-state index in [1.165, 1.54) is 4.88 Å². The Morgan fingerprint density at radius 1 is 1.35 bits per heavy atom. The molecule has 20 heavy (non-hydrogen) atoms. The zero-order chi connectivity index (χ0) is 14.5. The predicted molar refractivity (Wildman–Crippen MR) is 82.8 cm³/mol. The van der Waals surface area contributed by atoms with Gasteiger partial charge in [0.25, 0.3) is 0 Å². The molecule has 3 rings (SSSR count). The monoisotopic (exact) mass is 307 g/mol. The van der Waals surface area contributed by atoms with E-state index < -0.39 is 11.9 Å². The number of aliphatic carboxylic acids is 1. The number of thiazole rings is 1. The van der Waals surface area contributed by atoms with Crippen LogP contribution in [-0.4, -0.2) is 16.1 Å². The third-order valence-corrected chi connectivity index (χ3v) is 6.38. The van der Waals surface area contributed by atoms with Gasteiger partial charge in [0.15, 0.2) is 0 Å². The summed E-state index contributed by atoms with van der Waals surface area (Å²) in [6.45, 7) is 6.60. The van der Waals surface area contributed by atoms with E-state index in [9.17, 15) is 9.90 Å². The van der Waals surface area contributed by atoms with E-state index in [2.05, 4.69) is 37.9 Å². The van der Waals surface area contributed by atoms with Crippen molar-refractivity contribution in [3.05, 3.63) is 27.6 Å². The lowest BCUT2D eigenvalue weighted by atomic mass is 9.95. The Morgan fingerprint density at radius 2 is 2.10 bits per heavy atom. The second-order valence-corrected chi connectivity index (χ2v) is 8.34. The van der Waals surface area contributed by atoms with Gasteiger partial charge in [-0.25, -0.2) is 4.98 Å². The van der Waals surface area contributed by atoms with Crippen LogP contribution in [0.4, 0.5) is 0 Å². The minimum Gasteiger partial charge on any atom is -0.481 e. The summed E-state index contributed by atoms with van der Waals surface area (Å²) in [6.07, 6.45) is 1.54. The standard InChI is InChI=1S/C15H17NO2S2/c1-15(2,3)11-7-6-10(19-11)13-16-12-8(14(17)18)4-5-9(12)20-13/h6-8H,4-5H2,1-3H3,(H,17,18). The van der Waals surface area contributed by atoms with Crippen LogP contribution in [0.5, 0.6) is 0 Å². The van der Waals surface area contributed by atoms with Crippen molar-refractivity contribution in [2.75, 3.05) is 0 Å². The molecule has 106 valence electrons. The number of carbonyl (C=O) groups is 1. The Balaban J connectivity index is 1.95. The van der Waals surface area contributed by atoms with Gasteiger partial charge in [0.1, 0.15) is 10.9 Å². The number of hydrogen-bond donors (Lipinski definition) is 1. The number of carboxylic acid groups (broad SMARTS) is 1. The quantitative estimate of drug-likeness (QED) is 0.900. The van der Waals surface area contributed by atoms with Crippen LogP contribution in [0.2, 0.25) is 0 Å². The minimum atomic E-state index is -0.748. The highest BCUT2D eigenvalue weighted by atomic mass is 32.1. The van der Waals surface area contributed by atoms with Crippen LogP contribution in [0.25, 0.3) is 9.88 Å². The van der Waals surface area contributed by atoms with Crippen molar-refractivity contribution >= 4 is 28.6 Å². The Hall–Kier alpha value is -1.20. The normalized spacial score (nSPS) is 18.2. The zero-order valence-electron chi connectivity index (χ0n) is 11.8. The maximum Gasteiger partial charge on any atom is 0.312 e. The maximum absolute atomic E-state index is 11.2. The highest BCUT2D eigenvalue weighted by Gasteiger charge is 2.32. The number of aryl methyl sites for hydroxylation is 1. The van der Waals surface area contributed by atoms with E-state index in [0.717, 1.165) is 26.9 Å². The van der Waals surface area contributed by atoms with E-state index in [-0.39, 0.29) is 5.41 Å². The molecule has 5 heteroatoms. The summed E-state index contributed by atoms with van der Waals surface area (Å²) < 4.78 is 0. The van der Waals surface area contributed by atoms with Gasteiger partial charge in [-0.3, -0.25) is 4.79 Å². The van der Waals surface area contributed by atoms with Gasteiger partial charge in [0.2, 0.25) is 0 Å². The molecular formula is C15H17NO2S2. The molecule has 0 bridgehead atoms. The Bertz CT molecular complexity index is 664. The first-order chi connectivity index (χ1) is 9.36. The number of carboxylic acids is 1. The second-order valence-electron chi connectivity index (χ2n) is 6.17. The molecule has 0 radical (unpaired) electrons. The zero-order valence-corrected chi connectivity index (χ0v) is 13.4. The number of fused-ring (bicyclic) bond motifs is 1. The molecule has 2 aromatic rings. The molecule has 1 N–H and O–H groups in total. The average Bonchev–Trinajstić information content (AvgIpc) is 3.01. The third kappa shape index (κ3) is 2.29. The molecule has 3 nitrogen and oxygen atoms in total. The summed E-state index contributed by atoms with van der Waals surface area (Å²) in [5.41, 5.74) is 0.940. The molecule has 0 amide bonds. The van der Waals surface area contributed by atoms with E-state index in [0.29, 0.717) is 6.42 Å². The maximum atomic E-state index is 11.2. The molecule has 0 saturated carbocycles. The van der Waals surface area contributed by atoms with Crippen molar-refractivity contribution in [1.29, 1.82) is 0 Å². The lowest BCUT2D eigenvalue weighted by Gasteiger charge is -2.15. The average molecular weight is 307 g/mol. The number of rotatable bonds is 2. The summed E-state index contributed by atoms with van der Waals surface area (Å²) in [5.74, 6) is -1.15. The van der Waals surface area contributed by atoms with Gasteiger partial charge < -0.3 is 5.11 Å². The predicted octanol–water partition coefficient (Wildman–Crippen LogP) is 4.28. The SMILES string of the molecule is CC(C)(C)c1ccc(-c2nc3c(s2)CCC3C(=O)O)s1. The molecule has 0 aromatic carbocycles. The fraction of sp³-hybridized carbons (Fsp3) is 0.467. The fourth-order valence-corrected chi connectivity index (χ4v) is 4.69. The summed E-state index contributed by atoms with van der Waals surface area (Å²) in [5, 5.41) is 10.2. The summed E-state index contributed by atoms with van der Waals surface area (Å²) in [7, 11) is 0. The molecule has 0 aliphatic heterocycles. The first-order valence-electron chi connectivity index (χ1n) is 6.69. The van der Waals surface area contributed by atoms with Crippen molar-refractivity contribution < 1.29 is 9.90 Å². The highest BCUT2D eigenvalue weighted by Crippen LogP contribution is 2.42. The molecular weight excluding hydrogens is 290 g/mol. The largest absolute Gasteiger partial charge is 0.481 e. The van der Waals surface area contributed by atoms with Crippen LogP contribution in [0, 0.1) is 0 Å². The number of thiophene rings is 1. The minimum absolute atomic E-state index is 0.145. The molecule has 1 unspecified atom stereocenters. The van der Waals surface area contributed by atoms with Crippen LogP contribution < -0.4 is 0 Å². The van der Waals surface area contributed by atoms with E-state index in [4.69, 9.17) is 0 Å². The van der Waals surface area contributed by atoms with Gasteiger partial charge in [-0.05, 0) is 30.4 Å². The Labute approximate surface area is 126 Å². The van der Waals surface area contributed by atoms with Crippen LogP contribution in [0.1, 0.15) is 48.6 Å². The van der Waals surface area contributed by atoms with E-state index in [1.54, 1.807) is 22.7 Å². The van der Waals surface area contributed by atoms with Crippen molar-refractivity contribution in [3.63, 3.8) is 0 Å². The molecule has 0 saturated heterocycles. The van der Waals surface area contributed by atoms with Gasteiger partial charge in [0.05, 0.1) is 10.6 Å². The van der Waals surface area contributed by atoms with Gasteiger partial charge in [-0.2, -0.15) is 0 Å². The summed E-state index contributed by atoms with van der Waals surface area (Å²) >= 11 is 3.42. The molecule has 0 fully saturated rings.